The summed E-state index contributed by atoms with van der Waals surface area (Å²) in [5.41, 5.74) is 2.12. The first-order valence-electron chi connectivity index (χ1n) is 5.77. The Hall–Kier alpha value is -0.930. The Kier molecular flexibility index (Phi) is 3.56. The van der Waals surface area contributed by atoms with Crippen LogP contribution in [0.3, 0.4) is 0 Å². The highest BCUT2D eigenvalue weighted by atomic mass is 19.1. The van der Waals surface area contributed by atoms with Gasteiger partial charge < -0.3 is 10.1 Å². The first-order valence-corrected chi connectivity index (χ1v) is 5.77. The van der Waals surface area contributed by atoms with Crippen LogP contribution < -0.4 is 5.32 Å². The molecule has 1 aromatic carbocycles. The Morgan fingerprint density at radius 1 is 1.50 bits per heavy atom. The summed E-state index contributed by atoms with van der Waals surface area (Å²) in [6, 6.07) is 5.12. The van der Waals surface area contributed by atoms with E-state index in [2.05, 4.69) is 5.32 Å². The smallest absolute Gasteiger partial charge is 0.123 e. The second-order valence-electron chi connectivity index (χ2n) is 4.32. The summed E-state index contributed by atoms with van der Waals surface area (Å²) in [5, 5.41) is 3.27. The summed E-state index contributed by atoms with van der Waals surface area (Å²) >= 11 is 0. The molecule has 1 saturated heterocycles. The van der Waals surface area contributed by atoms with Gasteiger partial charge in [-0.15, -0.1) is 0 Å². The zero-order chi connectivity index (χ0) is 11.5. The van der Waals surface area contributed by atoms with Gasteiger partial charge >= 0.3 is 0 Å². The monoisotopic (exact) mass is 223 g/mol. The van der Waals surface area contributed by atoms with E-state index in [9.17, 15) is 4.39 Å². The summed E-state index contributed by atoms with van der Waals surface area (Å²) in [7, 11) is 1.93. The van der Waals surface area contributed by atoms with Gasteiger partial charge in [0.15, 0.2) is 0 Å². The Balaban J connectivity index is 2.25. The van der Waals surface area contributed by atoms with E-state index in [0.29, 0.717) is 0 Å². The molecule has 0 aliphatic carbocycles. The van der Waals surface area contributed by atoms with E-state index < -0.39 is 0 Å². The maximum absolute atomic E-state index is 13.0. The second kappa shape index (κ2) is 4.93. The largest absolute Gasteiger partial charge is 0.376 e. The lowest BCUT2D eigenvalue weighted by Gasteiger charge is -2.24. The summed E-state index contributed by atoms with van der Waals surface area (Å²) in [4.78, 5) is 0. The quantitative estimate of drug-likeness (QED) is 0.850. The molecule has 1 aliphatic rings. The van der Waals surface area contributed by atoms with Gasteiger partial charge in [-0.05, 0) is 50.1 Å². The highest BCUT2D eigenvalue weighted by Crippen LogP contribution is 2.28. The van der Waals surface area contributed by atoms with Crippen LogP contribution in [0.15, 0.2) is 18.2 Å². The fourth-order valence-corrected chi connectivity index (χ4v) is 2.40. The SMILES string of the molecule is CNC(c1ccc(F)cc1C)C1CCCO1. The average molecular weight is 223 g/mol. The van der Waals surface area contributed by atoms with Crippen LogP contribution in [0, 0.1) is 12.7 Å². The number of rotatable bonds is 3. The van der Waals surface area contributed by atoms with Crippen molar-refractivity contribution in [1.82, 2.24) is 5.32 Å². The lowest BCUT2D eigenvalue weighted by Crippen LogP contribution is -2.29. The molecule has 0 amide bonds. The summed E-state index contributed by atoms with van der Waals surface area (Å²) in [5.74, 6) is -0.177. The van der Waals surface area contributed by atoms with Gasteiger partial charge in [-0.2, -0.15) is 0 Å². The van der Waals surface area contributed by atoms with Crippen molar-refractivity contribution < 1.29 is 9.13 Å². The number of benzene rings is 1. The predicted octanol–water partition coefficient (Wildman–Crippen LogP) is 2.57. The van der Waals surface area contributed by atoms with Crippen LogP contribution in [0.25, 0.3) is 0 Å². The molecule has 2 atom stereocenters. The maximum atomic E-state index is 13.0. The Morgan fingerprint density at radius 2 is 2.31 bits per heavy atom. The van der Waals surface area contributed by atoms with Crippen molar-refractivity contribution in [3.05, 3.63) is 35.1 Å². The molecule has 0 saturated carbocycles. The molecule has 1 aliphatic heterocycles. The van der Waals surface area contributed by atoms with Crippen LogP contribution in [0.1, 0.15) is 30.0 Å². The van der Waals surface area contributed by atoms with Crippen LogP contribution in [0.5, 0.6) is 0 Å². The van der Waals surface area contributed by atoms with Gasteiger partial charge in [0, 0.05) is 6.61 Å². The Labute approximate surface area is 95.8 Å². The molecule has 1 N–H and O–H groups in total. The number of ether oxygens (including phenoxy) is 1. The predicted molar refractivity (Wildman–Crippen MR) is 61.9 cm³/mol. The van der Waals surface area contributed by atoms with Crippen molar-refractivity contribution in [1.29, 1.82) is 0 Å². The van der Waals surface area contributed by atoms with E-state index in [1.54, 1.807) is 6.07 Å². The Morgan fingerprint density at radius 3 is 2.88 bits per heavy atom. The van der Waals surface area contributed by atoms with E-state index in [0.717, 1.165) is 30.6 Å². The van der Waals surface area contributed by atoms with Gasteiger partial charge in [-0.25, -0.2) is 4.39 Å². The van der Waals surface area contributed by atoms with E-state index in [4.69, 9.17) is 4.74 Å². The highest BCUT2D eigenvalue weighted by Gasteiger charge is 2.26. The van der Waals surface area contributed by atoms with Crippen LogP contribution in [0.4, 0.5) is 4.39 Å². The van der Waals surface area contributed by atoms with Crippen molar-refractivity contribution in [2.24, 2.45) is 0 Å². The average Bonchev–Trinajstić information content (AvgIpc) is 2.75. The van der Waals surface area contributed by atoms with Crippen LogP contribution in [0.2, 0.25) is 0 Å². The lowest BCUT2D eigenvalue weighted by molar-refractivity contribution is 0.0805. The van der Waals surface area contributed by atoms with Gasteiger partial charge in [-0.1, -0.05) is 6.07 Å². The first-order chi connectivity index (χ1) is 7.72. The highest BCUT2D eigenvalue weighted by molar-refractivity contribution is 5.30. The molecule has 0 bridgehead atoms. The minimum Gasteiger partial charge on any atom is -0.376 e. The number of hydrogen-bond acceptors (Lipinski definition) is 2. The van der Waals surface area contributed by atoms with Gasteiger partial charge in [0.2, 0.25) is 0 Å². The fourth-order valence-electron chi connectivity index (χ4n) is 2.40. The number of halogens is 1. The number of hydrogen-bond donors (Lipinski definition) is 1. The number of aryl methyl sites for hydroxylation is 1. The van der Waals surface area contributed by atoms with Crippen molar-refractivity contribution in [2.45, 2.75) is 31.9 Å². The molecular weight excluding hydrogens is 205 g/mol. The Bertz CT molecular complexity index is 361. The molecule has 2 nitrogen and oxygen atoms in total. The molecule has 1 fully saturated rings. The minimum atomic E-state index is -0.177. The molecule has 1 aromatic rings. The van der Waals surface area contributed by atoms with Gasteiger partial charge in [0.1, 0.15) is 5.82 Å². The molecular formula is C13H18FNO. The zero-order valence-corrected chi connectivity index (χ0v) is 9.79. The topological polar surface area (TPSA) is 21.3 Å². The normalized spacial score (nSPS) is 22.3. The van der Waals surface area contributed by atoms with E-state index in [-0.39, 0.29) is 18.0 Å². The van der Waals surface area contributed by atoms with Gasteiger partial charge in [0.25, 0.3) is 0 Å². The van der Waals surface area contributed by atoms with Crippen molar-refractivity contribution in [3.63, 3.8) is 0 Å². The molecule has 0 aromatic heterocycles. The van der Waals surface area contributed by atoms with Gasteiger partial charge in [-0.3, -0.25) is 0 Å². The van der Waals surface area contributed by atoms with Gasteiger partial charge in [0.05, 0.1) is 12.1 Å². The van der Waals surface area contributed by atoms with Crippen LogP contribution in [-0.2, 0) is 4.74 Å². The molecule has 2 unspecified atom stereocenters. The molecule has 2 rings (SSSR count). The van der Waals surface area contributed by atoms with Crippen LogP contribution in [-0.4, -0.2) is 19.8 Å². The standard InChI is InChI=1S/C13H18FNO/c1-9-8-10(14)5-6-11(9)13(15-2)12-4-3-7-16-12/h5-6,8,12-13,15H,3-4,7H2,1-2H3. The maximum Gasteiger partial charge on any atom is 0.123 e. The molecule has 88 valence electrons. The molecule has 16 heavy (non-hydrogen) atoms. The zero-order valence-electron chi connectivity index (χ0n) is 9.79. The number of likely N-dealkylation sites (N-methyl/N-ethyl adjacent to an activating group) is 1. The summed E-state index contributed by atoms with van der Waals surface area (Å²) < 4.78 is 18.7. The molecule has 0 radical (unpaired) electrons. The molecule has 3 heteroatoms. The van der Waals surface area contributed by atoms with E-state index >= 15 is 0 Å². The summed E-state index contributed by atoms with van der Waals surface area (Å²) in [6.45, 7) is 2.78. The third-order valence-electron chi connectivity index (χ3n) is 3.21. The molecule has 0 spiro atoms. The van der Waals surface area contributed by atoms with Crippen molar-refractivity contribution in [2.75, 3.05) is 13.7 Å². The first kappa shape index (κ1) is 11.6. The van der Waals surface area contributed by atoms with E-state index in [1.165, 1.54) is 6.07 Å². The lowest BCUT2D eigenvalue weighted by atomic mass is 9.95. The van der Waals surface area contributed by atoms with Crippen molar-refractivity contribution in [3.8, 4) is 0 Å². The summed E-state index contributed by atoms with van der Waals surface area (Å²) in [6.07, 6.45) is 2.40. The molecule has 1 heterocycles. The van der Waals surface area contributed by atoms with E-state index in [1.807, 2.05) is 20.0 Å². The third kappa shape index (κ3) is 2.25. The van der Waals surface area contributed by atoms with Crippen LogP contribution >= 0.6 is 0 Å². The van der Waals surface area contributed by atoms with Crippen molar-refractivity contribution >= 4 is 0 Å². The third-order valence-corrected chi connectivity index (χ3v) is 3.21. The second-order valence-corrected chi connectivity index (χ2v) is 4.32. The fraction of sp³-hybridized carbons (Fsp3) is 0.538. The minimum absolute atomic E-state index is 0.170. The number of nitrogens with one attached hydrogen (secondary N) is 1.